The van der Waals surface area contributed by atoms with Crippen LogP contribution >= 0.6 is 11.3 Å². The number of hydrogen-bond acceptors (Lipinski definition) is 6. The molecule has 0 aliphatic rings. The van der Waals surface area contributed by atoms with Gasteiger partial charge in [-0.15, -0.1) is 11.3 Å². The molecule has 1 heterocycles. The first-order chi connectivity index (χ1) is 13.3. The van der Waals surface area contributed by atoms with Crippen molar-refractivity contribution < 1.29 is 23.1 Å². The number of carbonyl (C=O) groups excluding carboxylic acids is 1. The summed E-state index contributed by atoms with van der Waals surface area (Å²) in [7, 11) is -0.830. The number of phenols is 1. The molecule has 3 aromatic rings. The standard InChI is InChI=1S/C19H18N2O5S2/c1-21(14-5-9-16(26-2)10-6-14)28(24,25)17-11-18(27-12-17)19(23)20-13-3-7-15(22)8-4-13/h3-12,22H,1-2H3,(H,20,23). The van der Waals surface area contributed by atoms with Crippen LogP contribution in [0.2, 0.25) is 0 Å². The Hall–Kier alpha value is -3.04. The summed E-state index contributed by atoms with van der Waals surface area (Å²) in [5.74, 6) is 0.284. The van der Waals surface area contributed by atoms with Crippen LogP contribution in [0.3, 0.4) is 0 Å². The lowest BCUT2D eigenvalue weighted by Gasteiger charge is -2.18. The predicted octanol–water partition coefficient (Wildman–Crippen LogP) is 3.54. The average molecular weight is 418 g/mol. The maximum absolute atomic E-state index is 12.9. The molecule has 9 heteroatoms. The molecule has 146 valence electrons. The van der Waals surface area contributed by atoms with Gasteiger partial charge < -0.3 is 15.2 Å². The normalized spacial score (nSPS) is 11.1. The minimum absolute atomic E-state index is 0.0340. The number of thiophene rings is 1. The van der Waals surface area contributed by atoms with E-state index < -0.39 is 15.9 Å². The van der Waals surface area contributed by atoms with Gasteiger partial charge in [0.2, 0.25) is 0 Å². The summed E-state index contributed by atoms with van der Waals surface area (Å²) < 4.78 is 31.9. The summed E-state index contributed by atoms with van der Waals surface area (Å²) in [6.45, 7) is 0. The zero-order chi connectivity index (χ0) is 20.3. The number of aromatic hydroxyl groups is 1. The molecule has 0 saturated carbocycles. The van der Waals surface area contributed by atoms with Gasteiger partial charge in [0.1, 0.15) is 11.5 Å². The fourth-order valence-corrected chi connectivity index (χ4v) is 4.75. The first-order valence-electron chi connectivity index (χ1n) is 8.13. The summed E-state index contributed by atoms with van der Waals surface area (Å²) in [6, 6.07) is 14.0. The molecule has 3 rings (SSSR count). The lowest BCUT2D eigenvalue weighted by atomic mass is 10.3. The maximum Gasteiger partial charge on any atom is 0.265 e. The first kappa shape index (κ1) is 19.7. The number of sulfonamides is 1. The highest BCUT2D eigenvalue weighted by Gasteiger charge is 2.24. The number of nitrogens with one attached hydrogen (secondary N) is 1. The summed E-state index contributed by atoms with van der Waals surface area (Å²) in [4.78, 5) is 12.7. The number of methoxy groups -OCH3 is 1. The van der Waals surface area contributed by atoms with E-state index in [9.17, 15) is 18.3 Å². The van der Waals surface area contributed by atoms with Gasteiger partial charge in [0.05, 0.1) is 22.6 Å². The van der Waals surface area contributed by atoms with Crippen molar-refractivity contribution in [2.75, 3.05) is 23.8 Å². The van der Waals surface area contributed by atoms with Crippen molar-refractivity contribution in [3.05, 3.63) is 64.9 Å². The highest BCUT2D eigenvalue weighted by atomic mass is 32.2. The van der Waals surface area contributed by atoms with E-state index in [-0.39, 0.29) is 15.5 Å². The van der Waals surface area contributed by atoms with E-state index in [4.69, 9.17) is 4.74 Å². The first-order valence-corrected chi connectivity index (χ1v) is 10.4. The largest absolute Gasteiger partial charge is 0.508 e. The van der Waals surface area contributed by atoms with E-state index >= 15 is 0 Å². The SMILES string of the molecule is COc1ccc(N(C)S(=O)(=O)c2csc(C(=O)Nc3ccc(O)cc3)c2)cc1. The Bertz CT molecular complexity index is 1070. The number of carbonyl (C=O) groups is 1. The second kappa shape index (κ2) is 7.91. The molecule has 2 N–H and O–H groups in total. The lowest BCUT2D eigenvalue weighted by molar-refractivity contribution is 0.103. The number of rotatable bonds is 6. The molecule has 0 atom stereocenters. The fourth-order valence-electron chi connectivity index (χ4n) is 2.40. The number of ether oxygens (including phenoxy) is 1. The van der Waals surface area contributed by atoms with E-state index in [0.29, 0.717) is 17.1 Å². The zero-order valence-electron chi connectivity index (χ0n) is 15.1. The van der Waals surface area contributed by atoms with Crippen molar-refractivity contribution in [1.82, 2.24) is 0 Å². The van der Waals surface area contributed by atoms with E-state index in [1.807, 2.05) is 0 Å². The van der Waals surface area contributed by atoms with Crippen molar-refractivity contribution in [2.45, 2.75) is 4.90 Å². The van der Waals surface area contributed by atoms with Gasteiger partial charge in [0, 0.05) is 18.1 Å². The molecule has 1 amide bonds. The van der Waals surface area contributed by atoms with Gasteiger partial charge in [-0.2, -0.15) is 0 Å². The predicted molar refractivity (Wildman–Crippen MR) is 109 cm³/mol. The Labute approximate surface area is 166 Å². The quantitative estimate of drug-likeness (QED) is 0.597. The molecular weight excluding hydrogens is 400 g/mol. The van der Waals surface area contributed by atoms with Crippen LogP contribution in [-0.4, -0.2) is 33.6 Å². The van der Waals surface area contributed by atoms with E-state index in [1.54, 1.807) is 36.4 Å². The van der Waals surface area contributed by atoms with Crippen LogP contribution < -0.4 is 14.4 Å². The van der Waals surface area contributed by atoms with Crippen molar-refractivity contribution in [3.8, 4) is 11.5 Å². The monoisotopic (exact) mass is 418 g/mol. The molecule has 0 bridgehead atoms. The number of amides is 1. The Kier molecular flexibility index (Phi) is 5.57. The van der Waals surface area contributed by atoms with Gasteiger partial charge in [-0.05, 0) is 54.6 Å². The van der Waals surface area contributed by atoms with Gasteiger partial charge in [-0.3, -0.25) is 9.10 Å². The summed E-state index contributed by atoms with van der Waals surface area (Å²) in [5, 5.41) is 13.4. The average Bonchev–Trinajstić information content (AvgIpc) is 3.20. The highest BCUT2D eigenvalue weighted by Crippen LogP contribution is 2.27. The van der Waals surface area contributed by atoms with Crippen LogP contribution in [0.1, 0.15) is 9.67 Å². The maximum atomic E-state index is 12.9. The molecule has 7 nitrogen and oxygen atoms in total. The Balaban J connectivity index is 1.78. The fraction of sp³-hybridized carbons (Fsp3) is 0.105. The highest BCUT2D eigenvalue weighted by molar-refractivity contribution is 7.93. The number of nitrogens with zero attached hydrogens (tertiary/aromatic N) is 1. The van der Waals surface area contributed by atoms with Gasteiger partial charge in [-0.1, -0.05) is 0 Å². The molecule has 0 spiro atoms. The molecule has 0 aliphatic heterocycles. The molecule has 0 saturated heterocycles. The Morgan fingerprint density at radius 2 is 1.75 bits per heavy atom. The summed E-state index contributed by atoms with van der Waals surface area (Å²) >= 11 is 1.04. The minimum Gasteiger partial charge on any atom is -0.508 e. The molecule has 0 aliphatic carbocycles. The zero-order valence-corrected chi connectivity index (χ0v) is 16.8. The minimum atomic E-state index is -3.81. The smallest absolute Gasteiger partial charge is 0.265 e. The Morgan fingerprint density at radius 1 is 1.11 bits per heavy atom. The number of phenolic OH excluding ortho intramolecular Hbond substituents is 1. The van der Waals surface area contributed by atoms with E-state index in [1.165, 1.54) is 37.7 Å². The molecule has 0 unspecified atom stereocenters. The van der Waals surface area contributed by atoms with Crippen LogP contribution in [-0.2, 0) is 10.0 Å². The van der Waals surface area contributed by atoms with Crippen LogP contribution in [0.15, 0.2) is 64.9 Å². The van der Waals surface area contributed by atoms with E-state index in [2.05, 4.69) is 5.32 Å². The van der Waals surface area contributed by atoms with E-state index in [0.717, 1.165) is 15.6 Å². The van der Waals surface area contributed by atoms with Gasteiger partial charge in [-0.25, -0.2) is 8.42 Å². The molecule has 2 aromatic carbocycles. The van der Waals surface area contributed by atoms with Crippen LogP contribution in [0.4, 0.5) is 11.4 Å². The molecule has 0 radical (unpaired) electrons. The third-order valence-electron chi connectivity index (χ3n) is 4.02. The number of anilines is 2. The summed E-state index contributed by atoms with van der Waals surface area (Å²) in [5.41, 5.74) is 0.970. The van der Waals surface area contributed by atoms with Crippen molar-refractivity contribution in [3.63, 3.8) is 0 Å². The van der Waals surface area contributed by atoms with Crippen LogP contribution in [0.25, 0.3) is 0 Å². The second-order valence-electron chi connectivity index (χ2n) is 5.82. The van der Waals surface area contributed by atoms with Crippen molar-refractivity contribution >= 4 is 38.6 Å². The third kappa shape index (κ3) is 4.10. The number of hydrogen-bond donors (Lipinski definition) is 2. The molecule has 0 fully saturated rings. The number of benzene rings is 2. The molecule has 1 aromatic heterocycles. The van der Waals surface area contributed by atoms with Gasteiger partial charge in [0.15, 0.2) is 0 Å². The summed E-state index contributed by atoms with van der Waals surface area (Å²) in [6.07, 6.45) is 0. The third-order valence-corrected chi connectivity index (χ3v) is 6.86. The molecular formula is C19H18N2O5S2. The van der Waals surface area contributed by atoms with Gasteiger partial charge in [0.25, 0.3) is 15.9 Å². The van der Waals surface area contributed by atoms with Crippen LogP contribution in [0, 0.1) is 0 Å². The topological polar surface area (TPSA) is 95.9 Å². The van der Waals surface area contributed by atoms with Gasteiger partial charge >= 0.3 is 0 Å². The van der Waals surface area contributed by atoms with Crippen molar-refractivity contribution in [2.24, 2.45) is 0 Å². The van der Waals surface area contributed by atoms with Crippen molar-refractivity contribution in [1.29, 1.82) is 0 Å². The Morgan fingerprint density at radius 3 is 2.36 bits per heavy atom. The molecule has 28 heavy (non-hydrogen) atoms. The lowest BCUT2D eigenvalue weighted by Crippen LogP contribution is -2.26. The second-order valence-corrected chi connectivity index (χ2v) is 8.70. The van der Waals surface area contributed by atoms with Crippen LogP contribution in [0.5, 0.6) is 11.5 Å².